The van der Waals surface area contributed by atoms with Gasteiger partial charge in [0.1, 0.15) is 0 Å². The van der Waals surface area contributed by atoms with Crippen LogP contribution in [0.5, 0.6) is 11.5 Å². The third-order valence-corrected chi connectivity index (χ3v) is 3.98. The minimum Gasteiger partial charge on any atom is -0.490 e. The van der Waals surface area contributed by atoms with E-state index in [0.29, 0.717) is 37.0 Å². The van der Waals surface area contributed by atoms with Gasteiger partial charge in [0.25, 0.3) is 0 Å². The molecule has 5 heteroatoms. The molecule has 1 amide bonds. The average molecular weight is 332 g/mol. The van der Waals surface area contributed by atoms with Gasteiger partial charge in [-0.2, -0.15) is 0 Å². The van der Waals surface area contributed by atoms with Crippen molar-refractivity contribution in [2.75, 3.05) is 13.2 Å². The highest BCUT2D eigenvalue weighted by molar-refractivity contribution is 6.31. The summed E-state index contributed by atoms with van der Waals surface area (Å²) in [6, 6.07) is 13.1. The molecule has 4 nitrogen and oxygen atoms in total. The predicted octanol–water partition coefficient (Wildman–Crippen LogP) is 3.36. The summed E-state index contributed by atoms with van der Waals surface area (Å²) in [5.74, 6) is 1.39. The van der Waals surface area contributed by atoms with Gasteiger partial charge in [-0.3, -0.25) is 4.79 Å². The second-order valence-electron chi connectivity index (χ2n) is 5.38. The molecule has 0 saturated carbocycles. The van der Waals surface area contributed by atoms with Crippen molar-refractivity contribution in [1.82, 2.24) is 5.32 Å². The molecule has 2 aromatic carbocycles. The van der Waals surface area contributed by atoms with Crippen LogP contribution in [0, 0.1) is 0 Å². The Morgan fingerprint density at radius 2 is 1.87 bits per heavy atom. The predicted molar refractivity (Wildman–Crippen MR) is 89.1 cm³/mol. The van der Waals surface area contributed by atoms with Crippen LogP contribution in [0.15, 0.2) is 42.5 Å². The van der Waals surface area contributed by atoms with Crippen molar-refractivity contribution in [2.45, 2.75) is 19.4 Å². The fourth-order valence-corrected chi connectivity index (χ4v) is 2.60. The van der Waals surface area contributed by atoms with Crippen molar-refractivity contribution in [3.63, 3.8) is 0 Å². The summed E-state index contributed by atoms with van der Waals surface area (Å²) in [6.45, 7) is 1.71. The number of amides is 1. The van der Waals surface area contributed by atoms with E-state index in [2.05, 4.69) is 5.32 Å². The molecule has 0 bridgehead atoms. The van der Waals surface area contributed by atoms with Crippen molar-refractivity contribution in [1.29, 1.82) is 0 Å². The molecule has 0 aliphatic carbocycles. The van der Waals surface area contributed by atoms with Crippen LogP contribution in [0.2, 0.25) is 5.02 Å². The SMILES string of the molecule is O=C(Cc1ccc2c(c1)OCCCO2)NCc1ccccc1Cl. The zero-order valence-electron chi connectivity index (χ0n) is 12.7. The molecule has 0 spiro atoms. The quantitative estimate of drug-likeness (QED) is 0.934. The number of hydrogen-bond donors (Lipinski definition) is 1. The molecule has 3 rings (SSSR count). The molecule has 23 heavy (non-hydrogen) atoms. The van der Waals surface area contributed by atoms with Gasteiger partial charge in [-0.05, 0) is 29.3 Å². The fourth-order valence-electron chi connectivity index (χ4n) is 2.40. The zero-order valence-corrected chi connectivity index (χ0v) is 13.4. The van der Waals surface area contributed by atoms with Crippen LogP contribution in [-0.2, 0) is 17.8 Å². The highest BCUT2D eigenvalue weighted by Gasteiger charge is 2.12. The molecule has 0 saturated heterocycles. The highest BCUT2D eigenvalue weighted by atomic mass is 35.5. The minimum absolute atomic E-state index is 0.0561. The summed E-state index contributed by atoms with van der Waals surface area (Å²) < 4.78 is 11.2. The lowest BCUT2D eigenvalue weighted by Gasteiger charge is -2.10. The van der Waals surface area contributed by atoms with Crippen LogP contribution in [-0.4, -0.2) is 19.1 Å². The third kappa shape index (κ3) is 4.17. The summed E-state index contributed by atoms with van der Waals surface area (Å²) in [6.07, 6.45) is 1.16. The maximum absolute atomic E-state index is 12.1. The van der Waals surface area contributed by atoms with E-state index in [9.17, 15) is 4.79 Å². The molecular weight excluding hydrogens is 314 g/mol. The van der Waals surface area contributed by atoms with Gasteiger partial charge in [0.15, 0.2) is 11.5 Å². The number of ether oxygens (including phenoxy) is 2. The van der Waals surface area contributed by atoms with Crippen molar-refractivity contribution >= 4 is 17.5 Å². The Kier molecular flexibility index (Phi) is 5.03. The Balaban J connectivity index is 1.60. The van der Waals surface area contributed by atoms with Gasteiger partial charge in [0, 0.05) is 18.0 Å². The molecular formula is C18H18ClNO3. The van der Waals surface area contributed by atoms with Crippen molar-refractivity contribution in [3.8, 4) is 11.5 Å². The van der Waals surface area contributed by atoms with Gasteiger partial charge >= 0.3 is 0 Å². The van der Waals surface area contributed by atoms with E-state index in [4.69, 9.17) is 21.1 Å². The number of rotatable bonds is 4. The van der Waals surface area contributed by atoms with Crippen LogP contribution < -0.4 is 14.8 Å². The summed E-state index contributed by atoms with van der Waals surface area (Å²) in [5.41, 5.74) is 1.80. The molecule has 1 aliphatic rings. The van der Waals surface area contributed by atoms with Gasteiger partial charge in [-0.1, -0.05) is 35.9 Å². The molecule has 120 valence electrons. The highest BCUT2D eigenvalue weighted by Crippen LogP contribution is 2.30. The van der Waals surface area contributed by atoms with Crippen molar-refractivity contribution in [3.05, 3.63) is 58.6 Å². The van der Waals surface area contributed by atoms with E-state index in [1.165, 1.54) is 0 Å². The maximum atomic E-state index is 12.1. The topological polar surface area (TPSA) is 47.6 Å². The molecule has 1 aliphatic heterocycles. The summed E-state index contributed by atoms with van der Waals surface area (Å²) in [5, 5.41) is 3.54. The largest absolute Gasteiger partial charge is 0.490 e. The third-order valence-electron chi connectivity index (χ3n) is 3.61. The fraction of sp³-hybridized carbons (Fsp3) is 0.278. The Morgan fingerprint density at radius 3 is 2.70 bits per heavy atom. The van der Waals surface area contributed by atoms with Gasteiger partial charge in [-0.25, -0.2) is 0 Å². The second kappa shape index (κ2) is 7.38. The first-order valence-electron chi connectivity index (χ1n) is 7.61. The molecule has 0 aromatic heterocycles. The molecule has 0 fully saturated rings. The molecule has 0 unspecified atom stereocenters. The van der Waals surface area contributed by atoms with E-state index in [0.717, 1.165) is 23.3 Å². The molecule has 1 N–H and O–H groups in total. The first kappa shape index (κ1) is 15.7. The maximum Gasteiger partial charge on any atom is 0.224 e. The Hall–Kier alpha value is -2.20. The minimum atomic E-state index is -0.0561. The number of hydrogen-bond acceptors (Lipinski definition) is 3. The number of carbonyl (C=O) groups is 1. The number of fused-ring (bicyclic) bond motifs is 1. The van der Waals surface area contributed by atoms with Gasteiger partial charge in [0.2, 0.25) is 5.91 Å². The van der Waals surface area contributed by atoms with E-state index in [-0.39, 0.29) is 5.91 Å². The molecule has 0 atom stereocenters. The Morgan fingerprint density at radius 1 is 1.09 bits per heavy atom. The first-order valence-corrected chi connectivity index (χ1v) is 7.99. The van der Waals surface area contributed by atoms with Crippen LogP contribution in [0.1, 0.15) is 17.5 Å². The summed E-state index contributed by atoms with van der Waals surface area (Å²) in [7, 11) is 0. The van der Waals surface area contributed by atoms with E-state index in [1.807, 2.05) is 42.5 Å². The monoisotopic (exact) mass is 331 g/mol. The number of benzene rings is 2. The number of carbonyl (C=O) groups excluding carboxylic acids is 1. The average Bonchev–Trinajstić information content (AvgIpc) is 2.79. The first-order chi connectivity index (χ1) is 11.2. The van der Waals surface area contributed by atoms with Crippen LogP contribution >= 0.6 is 11.6 Å². The van der Waals surface area contributed by atoms with Crippen LogP contribution in [0.25, 0.3) is 0 Å². The number of nitrogens with one attached hydrogen (secondary N) is 1. The van der Waals surface area contributed by atoms with E-state index < -0.39 is 0 Å². The zero-order chi connectivity index (χ0) is 16.1. The lowest BCUT2D eigenvalue weighted by atomic mass is 10.1. The summed E-state index contributed by atoms with van der Waals surface area (Å²) in [4.78, 5) is 12.1. The Labute approximate surface area is 140 Å². The van der Waals surface area contributed by atoms with Gasteiger partial charge < -0.3 is 14.8 Å². The molecule has 0 radical (unpaired) electrons. The van der Waals surface area contributed by atoms with Crippen molar-refractivity contribution in [2.24, 2.45) is 0 Å². The standard InChI is InChI=1S/C18H18ClNO3/c19-15-5-2-1-4-14(15)12-20-18(21)11-13-6-7-16-17(10-13)23-9-3-8-22-16/h1-2,4-7,10H,3,8-9,11-12H2,(H,20,21). The second-order valence-corrected chi connectivity index (χ2v) is 5.78. The lowest BCUT2D eigenvalue weighted by molar-refractivity contribution is -0.120. The lowest BCUT2D eigenvalue weighted by Crippen LogP contribution is -2.24. The molecule has 2 aromatic rings. The van der Waals surface area contributed by atoms with E-state index in [1.54, 1.807) is 0 Å². The van der Waals surface area contributed by atoms with E-state index >= 15 is 0 Å². The van der Waals surface area contributed by atoms with Gasteiger partial charge in [0.05, 0.1) is 19.6 Å². The normalized spacial score (nSPS) is 13.3. The van der Waals surface area contributed by atoms with Crippen molar-refractivity contribution < 1.29 is 14.3 Å². The summed E-state index contributed by atoms with van der Waals surface area (Å²) >= 11 is 6.08. The Bertz CT molecular complexity index is 702. The van der Waals surface area contributed by atoms with Crippen LogP contribution in [0.4, 0.5) is 0 Å². The van der Waals surface area contributed by atoms with Gasteiger partial charge in [-0.15, -0.1) is 0 Å². The smallest absolute Gasteiger partial charge is 0.224 e. The molecule has 1 heterocycles. The number of halogens is 1. The van der Waals surface area contributed by atoms with Crippen LogP contribution in [0.3, 0.4) is 0 Å².